The Morgan fingerprint density at radius 1 is 1.00 bits per heavy atom. The molecule has 0 bridgehead atoms. The number of halogens is 1. The minimum Gasteiger partial charge on any atom is -0.383 e. The highest BCUT2D eigenvalue weighted by Gasteiger charge is 2.30. The van der Waals surface area contributed by atoms with Crippen molar-refractivity contribution in [1.29, 1.82) is 0 Å². The fraction of sp³-hybridized carbons (Fsp3) is 0.381. The van der Waals surface area contributed by atoms with Crippen LogP contribution >= 0.6 is 0 Å². The Kier molecular flexibility index (Phi) is 4.10. The highest BCUT2D eigenvalue weighted by molar-refractivity contribution is 5.75. The number of nitrogen functional groups attached to an aromatic ring is 1. The predicted octanol–water partition coefficient (Wildman–Crippen LogP) is 5.44. The molecule has 2 heterocycles. The van der Waals surface area contributed by atoms with Crippen LogP contribution < -0.4 is 5.73 Å². The average molecular weight is 339 g/mol. The molecule has 0 spiro atoms. The molecule has 0 aliphatic heterocycles. The number of anilines is 1. The van der Waals surface area contributed by atoms with Crippen molar-refractivity contribution in [3.8, 4) is 11.3 Å². The summed E-state index contributed by atoms with van der Waals surface area (Å²) in [6.07, 6.45) is 1.02. The summed E-state index contributed by atoms with van der Waals surface area (Å²) >= 11 is 0. The van der Waals surface area contributed by atoms with Gasteiger partial charge in [-0.3, -0.25) is 4.40 Å². The van der Waals surface area contributed by atoms with E-state index in [0.29, 0.717) is 11.5 Å². The highest BCUT2D eigenvalue weighted by Crippen LogP contribution is 2.38. The number of hydrogen-bond acceptors (Lipinski definition) is 2. The van der Waals surface area contributed by atoms with Crippen LogP contribution in [0.1, 0.15) is 46.7 Å². The largest absolute Gasteiger partial charge is 0.383 e. The van der Waals surface area contributed by atoms with Gasteiger partial charge in [-0.15, -0.1) is 0 Å². The van der Waals surface area contributed by atoms with Crippen LogP contribution in [0, 0.1) is 11.2 Å². The third kappa shape index (κ3) is 3.39. The molecule has 2 N–H and O–H groups in total. The number of hydrogen-bond donors (Lipinski definition) is 1. The third-order valence-corrected chi connectivity index (χ3v) is 4.46. The summed E-state index contributed by atoms with van der Waals surface area (Å²) in [5.74, 6) is 0.331. The van der Waals surface area contributed by atoms with Crippen molar-refractivity contribution in [1.82, 2.24) is 9.38 Å². The SMILES string of the molecule is CC(C)(C)CC(C)(C)c1cccc2nc(-c3ccc(F)cc3)c(N)n12. The van der Waals surface area contributed by atoms with E-state index in [1.54, 1.807) is 12.1 Å². The van der Waals surface area contributed by atoms with Crippen LogP contribution in [0.4, 0.5) is 10.2 Å². The Morgan fingerprint density at radius 3 is 2.24 bits per heavy atom. The lowest BCUT2D eigenvalue weighted by Gasteiger charge is -2.33. The lowest BCUT2D eigenvalue weighted by atomic mass is 9.74. The maximum absolute atomic E-state index is 13.2. The van der Waals surface area contributed by atoms with Gasteiger partial charge < -0.3 is 5.73 Å². The minimum atomic E-state index is -0.266. The normalized spacial score (nSPS) is 12.7. The second-order valence-corrected chi connectivity index (χ2v) is 8.58. The van der Waals surface area contributed by atoms with Gasteiger partial charge in [-0.25, -0.2) is 9.37 Å². The zero-order chi connectivity index (χ0) is 18.4. The molecule has 0 unspecified atom stereocenters. The maximum Gasteiger partial charge on any atom is 0.139 e. The number of aromatic nitrogens is 2. The van der Waals surface area contributed by atoms with Gasteiger partial charge >= 0.3 is 0 Å². The molecule has 3 aromatic rings. The number of benzene rings is 1. The van der Waals surface area contributed by atoms with E-state index in [2.05, 4.69) is 40.7 Å². The van der Waals surface area contributed by atoms with Crippen LogP contribution in [-0.2, 0) is 5.41 Å². The molecule has 0 aliphatic rings. The van der Waals surface area contributed by atoms with E-state index < -0.39 is 0 Å². The molecular formula is C21H26FN3. The first-order valence-electron chi connectivity index (χ1n) is 8.62. The lowest BCUT2D eigenvalue weighted by molar-refractivity contribution is 0.278. The second-order valence-electron chi connectivity index (χ2n) is 8.58. The topological polar surface area (TPSA) is 43.3 Å². The molecule has 0 fully saturated rings. The predicted molar refractivity (Wildman–Crippen MR) is 102 cm³/mol. The number of pyridine rings is 1. The van der Waals surface area contributed by atoms with Gasteiger partial charge in [0.25, 0.3) is 0 Å². The molecule has 3 rings (SSSR count). The van der Waals surface area contributed by atoms with Gasteiger partial charge in [0.05, 0.1) is 0 Å². The maximum atomic E-state index is 13.2. The first kappa shape index (κ1) is 17.5. The van der Waals surface area contributed by atoms with Crippen LogP contribution in [0.25, 0.3) is 16.9 Å². The van der Waals surface area contributed by atoms with Crippen molar-refractivity contribution >= 4 is 11.5 Å². The fourth-order valence-corrected chi connectivity index (χ4v) is 3.88. The minimum absolute atomic E-state index is 0.0629. The standard InChI is InChI=1S/C21H26FN3/c1-20(2,3)13-21(4,5)16-7-6-8-17-24-18(19(23)25(16)17)14-9-11-15(22)12-10-14/h6-12H,13,23H2,1-5H3. The molecule has 2 aromatic heterocycles. The molecule has 4 heteroatoms. The fourth-order valence-electron chi connectivity index (χ4n) is 3.88. The van der Waals surface area contributed by atoms with Crippen LogP contribution in [0.5, 0.6) is 0 Å². The van der Waals surface area contributed by atoms with Gasteiger partial charge in [0.15, 0.2) is 0 Å². The molecule has 0 saturated carbocycles. The summed E-state index contributed by atoms with van der Waals surface area (Å²) in [4.78, 5) is 4.70. The van der Waals surface area contributed by atoms with Crippen molar-refractivity contribution in [3.05, 3.63) is 54.0 Å². The molecule has 132 valence electrons. The van der Waals surface area contributed by atoms with E-state index in [4.69, 9.17) is 10.7 Å². The Labute approximate surface area is 148 Å². The molecule has 0 radical (unpaired) electrons. The Morgan fingerprint density at radius 2 is 1.64 bits per heavy atom. The summed E-state index contributed by atoms with van der Waals surface area (Å²) in [6, 6.07) is 12.4. The van der Waals surface area contributed by atoms with Crippen LogP contribution in [0.3, 0.4) is 0 Å². The molecule has 25 heavy (non-hydrogen) atoms. The zero-order valence-electron chi connectivity index (χ0n) is 15.6. The van der Waals surface area contributed by atoms with Crippen molar-refractivity contribution in [2.75, 3.05) is 5.73 Å². The van der Waals surface area contributed by atoms with E-state index in [1.165, 1.54) is 12.1 Å². The molecule has 1 aromatic carbocycles. The molecule has 0 aliphatic carbocycles. The highest BCUT2D eigenvalue weighted by atomic mass is 19.1. The average Bonchev–Trinajstić information content (AvgIpc) is 2.83. The summed E-state index contributed by atoms with van der Waals surface area (Å²) in [5.41, 5.74) is 10.1. The van der Waals surface area contributed by atoms with E-state index in [1.807, 2.05) is 16.5 Å². The molecule has 0 amide bonds. The van der Waals surface area contributed by atoms with Crippen LogP contribution in [0.15, 0.2) is 42.5 Å². The number of nitrogens with zero attached hydrogens (tertiary/aromatic N) is 2. The Bertz CT molecular complexity index is 899. The summed E-state index contributed by atoms with van der Waals surface area (Å²) in [5, 5.41) is 0. The van der Waals surface area contributed by atoms with E-state index in [9.17, 15) is 4.39 Å². The van der Waals surface area contributed by atoms with E-state index in [-0.39, 0.29) is 16.6 Å². The van der Waals surface area contributed by atoms with E-state index >= 15 is 0 Å². The van der Waals surface area contributed by atoms with E-state index in [0.717, 1.165) is 23.3 Å². The van der Waals surface area contributed by atoms with Crippen molar-refractivity contribution in [2.24, 2.45) is 5.41 Å². The second kappa shape index (κ2) is 5.87. The quantitative estimate of drug-likeness (QED) is 0.691. The molecule has 3 nitrogen and oxygen atoms in total. The van der Waals surface area contributed by atoms with Crippen molar-refractivity contribution in [2.45, 2.75) is 46.5 Å². The molecule has 0 atom stereocenters. The van der Waals surface area contributed by atoms with Crippen molar-refractivity contribution < 1.29 is 4.39 Å². The van der Waals surface area contributed by atoms with Gasteiger partial charge in [0.2, 0.25) is 0 Å². The summed E-state index contributed by atoms with van der Waals surface area (Å²) in [6.45, 7) is 11.2. The summed E-state index contributed by atoms with van der Waals surface area (Å²) in [7, 11) is 0. The first-order chi connectivity index (χ1) is 11.6. The zero-order valence-corrected chi connectivity index (χ0v) is 15.6. The summed E-state index contributed by atoms with van der Waals surface area (Å²) < 4.78 is 15.3. The van der Waals surface area contributed by atoms with Crippen molar-refractivity contribution in [3.63, 3.8) is 0 Å². The molecule has 0 saturated heterocycles. The number of nitrogens with two attached hydrogens (primary N) is 1. The van der Waals surface area contributed by atoms with Gasteiger partial charge in [0.1, 0.15) is 23.0 Å². The number of fused-ring (bicyclic) bond motifs is 1. The third-order valence-electron chi connectivity index (χ3n) is 4.46. The smallest absolute Gasteiger partial charge is 0.139 e. The van der Waals surface area contributed by atoms with Gasteiger partial charge in [0, 0.05) is 16.7 Å². The monoisotopic (exact) mass is 339 g/mol. The van der Waals surface area contributed by atoms with Gasteiger partial charge in [-0.2, -0.15) is 0 Å². The first-order valence-corrected chi connectivity index (χ1v) is 8.62. The van der Waals surface area contributed by atoms with Crippen LogP contribution in [-0.4, -0.2) is 9.38 Å². The molecular weight excluding hydrogens is 313 g/mol. The van der Waals surface area contributed by atoms with Gasteiger partial charge in [-0.05, 0) is 48.2 Å². The lowest BCUT2D eigenvalue weighted by Crippen LogP contribution is -2.27. The number of rotatable bonds is 3. The van der Waals surface area contributed by atoms with Crippen LogP contribution in [0.2, 0.25) is 0 Å². The van der Waals surface area contributed by atoms with Gasteiger partial charge in [-0.1, -0.05) is 40.7 Å². The number of imidazole rings is 1. The Balaban J connectivity index is 2.18. The Hall–Kier alpha value is -2.36.